The summed E-state index contributed by atoms with van der Waals surface area (Å²) in [6, 6.07) is 45.0. The van der Waals surface area contributed by atoms with Gasteiger partial charge >= 0.3 is 0 Å². The van der Waals surface area contributed by atoms with Crippen molar-refractivity contribution in [1.29, 1.82) is 0 Å². The molecule has 2 aliphatic carbocycles. The highest BCUT2D eigenvalue weighted by molar-refractivity contribution is 6.29. The summed E-state index contributed by atoms with van der Waals surface area (Å²) in [7, 11) is 0. The molecular weight excluding hydrogens is 482 g/mol. The van der Waals surface area contributed by atoms with Crippen molar-refractivity contribution < 1.29 is 0 Å². The van der Waals surface area contributed by atoms with E-state index in [0.717, 1.165) is 5.69 Å². The van der Waals surface area contributed by atoms with E-state index in [1.807, 2.05) is 12.3 Å². The largest absolute Gasteiger partial charge is 0.256 e. The minimum atomic E-state index is 1.09. The Morgan fingerprint density at radius 1 is 0.300 bits per heavy atom. The molecule has 0 bridgehead atoms. The average molecular weight is 504 g/mol. The van der Waals surface area contributed by atoms with E-state index in [2.05, 4.69) is 115 Å². The molecule has 1 nitrogen and oxygen atoms in total. The van der Waals surface area contributed by atoms with Crippen LogP contribution in [0.25, 0.3) is 98.9 Å². The van der Waals surface area contributed by atoms with Gasteiger partial charge in [0.15, 0.2) is 0 Å². The molecule has 1 aromatic heterocycles. The molecule has 2 aliphatic rings. The number of hydrogen-bond acceptors (Lipinski definition) is 1. The second kappa shape index (κ2) is 7.22. The van der Waals surface area contributed by atoms with E-state index in [1.165, 1.54) is 93.2 Å². The van der Waals surface area contributed by atoms with Crippen LogP contribution in [0, 0.1) is 0 Å². The van der Waals surface area contributed by atoms with Crippen molar-refractivity contribution in [2.45, 2.75) is 0 Å². The lowest BCUT2D eigenvalue weighted by Gasteiger charge is -2.16. The number of fused-ring (bicyclic) bond motifs is 10. The molecule has 0 radical (unpaired) electrons. The monoisotopic (exact) mass is 503 g/mol. The number of rotatable bonds is 1. The predicted octanol–water partition coefficient (Wildman–Crippen LogP) is 10.7. The predicted molar refractivity (Wildman–Crippen MR) is 169 cm³/mol. The first-order chi connectivity index (χ1) is 19.9. The van der Waals surface area contributed by atoms with E-state index in [9.17, 15) is 0 Å². The highest BCUT2D eigenvalue weighted by Gasteiger charge is 2.26. The van der Waals surface area contributed by atoms with Crippen LogP contribution < -0.4 is 0 Å². The van der Waals surface area contributed by atoms with Gasteiger partial charge in [0.2, 0.25) is 0 Å². The Bertz CT molecular complexity index is 2400. The first kappa shape index (κ1) is 20.7. The fourth-order valence-electron chi connectivity index (χ4n) is 7.57. The van der Waals surface area contributed by atoms with Crippen molar-refractivity contribution in [3.05, 3.63) is 128 Å². The maximum Gasteiger partial charge on any atom is 0.0787 e. The van der Waals surface area contributed by atoms with E-state index in [-0.39, 0.29) is 0 Å². The summed E-state index contributed by atoms with van der Waals surface area (Å²) in [6.45, 7) is 0. The number of nitrogens with zero attached hydrogens (tertiary/aromatic N) is 1. The van der Waals surface area contributed by atoms with Crippen molar-refractivity contribution in [3.63, 3.8) is 0 Å². The van der Waals surface area contributed by atoms with Crippen LogP contribution in [0.4, 0.5) is 0 Å². The van der Waals surface area contributed by atoms with Crippen LogP contribution in [0.1, 0.15) is 0 Å². The Hall–Kier alpha value is -5.27. The second-order valence-electron chi connectivity index (χ2n) is 11.1. The van der Waals surface area contributed by atoms with Gasteiger partial charge in [0.1, 0.15) is 0 Å². The van der Waals surface area contributed by atoms with Crippen LogP contribution >= 0.6 is 0 Å². The van der Waals surface area contributed by atoms with Crippen LogP contribution in [0.15, 0.2) is 128 Å². The molecule has 40 heavy (non-hydrogen) atoms. The third-order valence-electron chi connectivity index (χ3n) is 9.19. The second-order valence-corrected chi connectivity index (χ2v) is 11.1. The SMILES string of the molecule is c1ccc2c(c1)-c1cccc3c(-c4cc5c6cccc7c6c(cc5c5ccccc45)-c4ncccc4-7)ccc-2c13. The van der Waals surface area contributed by atoms with Gasteiger partial charge in [-0.05, 0) is 100 Å². The molecule has 7 aromatic carbocycles. The smallest absolute Gasteiger partial charge is 0.0787 e. The summed E-state index contributed by atoms with van der Waals surface area (Å²) in [6.07, 6.45) is 1.91. The van der Waals surface area contributed by atoms with E-state index in [1.54, 1.807) is 0 Å². The molecule has 0 N–H and O–H groups in total. The molecular formula is C39H21N. The normalized spacial score (nSPS) is 12.5. The van der Waals surface area contributed by atoms with Crippen molar-refractivity contribution in [2.75, 3.05) is 0 Å². The molecule has 0 saturated heterocycles. The molecule has 0 fully saturated rings. The standard InChI is InChI=1S/C39H21N/c1-2-9-23-22(8-1)27-12-5-13-28-26(17-18-31(23)37(27)28)33-20-35-30-15-6-14-29-32-16-7-19-40-39(32)36(38(29)30)21-34(35)25-11-4-3-10-24(25)33/h1-21H. The molecule has 1 heterocycles. The van der Waals surface area contributed by atoms with Crippen LogP contribution in [0.2, 0.25) is 0 Å². The maximum absolute atomic E-state index is 4.82. The summed E-state index contributed by atoms with van der Waals surface area (Å²) in [5.41, 5.74) is 12.8. The summed E-state index contributed by atoms with van der Waals surface area (Å²) in [5.74, 6) is 0. The summed E-state index contributed by atoms with van der Waals surface area (Å²) >= 11 is 0. The van der Waals surface area contributed by atoms with E-state index >= 15 is 0 Å². The molecule has 10 rings (SSSR count). The van der Waals surface area contributed by atoms with Crippen LogP contribution in [-0.2, 0) is 0 Å². The lowest BCUT2D eigenvalue weighted by atomic mass is 9.87. The molecule has 0 spiro atoms. The van der Waals surface area contributed by atoms with Gasteiger partial charge in [0.05, 0.1) is 5.69 Å². The lowest BCUT2D eigenvalue weighted by Crippen LogP contribution is -1.89. The minimum Gasteiger partial charge on any atom is -0.256 e. The highest BCUT2D eigenvalue weighted by atomic mass is 14.7. The Labute approximate surface area is 231 Å². The zero-order valence-corrected chi connectivity index (χ0v) is 21.6. The zero-order chi connectivity index (χ0) is 25.9. The van der Waals surface area contributed by atoms with Gasteiger partial charge < -0.3 is 0 Å². The van der Waals surface area contributed by atoms with E-state index in [4.69, 9.17) is 4.98 Å². The summed E-state index contributed by atoms with van der Waals surface area (Å²) in [4.78, 5) is 4.82. The highest BCUT2D eigenvalue weighted by Crippen LogP contribution is 2.52. The fraction of sp³-hybridized carbons (Fsp3) is 0. The first-order valence-corrected chi connectivity index (χ1v) is 13.9. The quantitative estimate of drug-likeness (QED) is 0.203. The van der Waals surface area contributed by atoms with E-state index in [0.29, 0.717) is 0 Å². The number of pyridine rings is 1. The molecule has 8 aromatic rings. The Kier molecular flexibility index (Phi) is 3.73. The van der Waals surface area contributed by atoms with Gasteiger partial charge in [-0.25, -0.2) is 0 Å². The van der Waals surface area contributed by atoms with Crippen LogP contribution in [-0.4, -0.2) is 4.98 Å². The number of aromatic nitrogens is 1. The lowest BCUT2D eigenvalue weighted by molar-refractivity contribution is 1.35. The van der Waals surface area contributed by atoms with Crippen LogP contribution in [0.3, 0.4) is 0 Å². The molecule has 0 saturated carbocycles. The summed E-state index contributed by atoms with van der Waals surface area (Å²) in [5, 5.41) is 10.5. The third-order valence-corrected chi connectivity index (χ3v) is 9.19. The van der Waals surface area contributed by atoms with Crippen molar-refractivity contribution >= 4 is 43.1 Å². The molecule has 1 heteroatoms. The van der Waals surface area contributed by atoms with Gasteiger partial charge in [0, 0.05) is 17.3 Å². The first-order valence-electron chi connectivity index (χ1n) is 13.9. The van der Waals surface area contributed by atoms with Crippen LogP contribution in [0.5, 0.6) is 0 Å². The maximum atomic E-state index is 4.82. The Morgan fingerprint density at radius 2 is 0.850 bits per heavy atom. The summed E-state index contributed by atoms with van der Waals surface area (Å²) < 4.78 is 0. The average Bonchev–Trinajstić information content (AvgIpc) is 3.52. The van der Waals surface area contributed by atoms with Gasteiger partial charge in [-0.15, -0.1) is 0 Å². The van der Waals surface area contributed by atoms with Gasteiger partial charge in [0.25, 0.3) is 0 Å². The molecule has 0 amide bonds. The molecule has 0 aliphatic heterocycles. The fourth-order valence-corrected chi connectivity index (χ4v) is 7.57. The molecule has 0 atom stereocenters. The minimum absolute atomic E-state index is 1.09. The van der Waals surface area contributed by atoms with Gasteiger partial charge in [-0.1, -0.05) is 103 Å². The molecule has 182 valence electrons. The third kappa shape index (κ3) is 2.42. The molecule has 0 unspecified atom stereocenters. The van der Waals surface area contributed by atoms with E-state index < -0.39 is 0 Å². The Balaban J connectivity index is 1.36. The zero-order valence-electron chi connectivity index (χ0n) is 21.6. The van der Waals surface area contributed by atoms with Gasteiger partial charge in [-0.2, -0.15) is 0 Å². The number of benzene rings is 7. The van der Waals surface area contributed by atoms with Gasteiger partial charge in [-0.3, -0.25) is 4.98 Å². The Morgan fingerprint density at radius 3 is 1.70 bits per heavy atom. The van der Waals surface area contributed by atoms with Crippen molar-refractivity contribution in [3.8, 4) is 55.8 Å². The van der Waals surface area contributed by atoms with Crippen molar-refractivity contribution in [2.24, 2.45) is 0 Å². The topological polar surface area (TPSA) is 12.9 Å². The number of hydrogen-bond donors (Lipinski definition) is 0. The van der Waals surface area contributed by atoms with Crippen molar-refractivity contribution in [1.82, 2.24) is 4.98 Å².